The fraction of sp³-hybridized carbons (Fsp3) is 0.889. The molecular weight excluding hydrogens is 168 g/mol. The number of carbonyl (C=O) groups excluding carboxylic acids is 1. The Morgan fingerprint density at radius 3 is 2.77 bits per heavy atom. The molecule has 0 spiro atoms. The molecule has 0 heterocycles. The zero-order valence-electron chi connectivity index (χ0n) is 7.99. The molecule has 4 heteroatoms. The van der Waals surface area contributed by atoms with Gasteiger partial charge in [-0.3, -0.25) is 4.79 Å². The SMILES string of the molecule is CC(CNCC1CC(O)C1)C(N)=O. The van der Waals surface area contributed by atoms with Gasteiger partial charge in [0.15, 0.2) is 0 Å². The number of carbonyl (C=O) groups is 1. The maximum Gasteiger partial charge on any atom is 0.221 e. The lowest BCUT2D eigenvalue weighted by Gasteiger charge is -2.31. The number of hydrogen-bond acceptors (Lipinski definition) is 3. The summed E-state index contributed by atoms with van der Waals surface area (Å²) >= 11 is 0. The minimum atomic E-state index is -0.263. The summed E-state index contributed by atoms with van der Waals surface area (Å²) in [6.07, 6.45) is 1.68. The van der Waals surface area contributed by atoms with Crippen molar-refractivity contribution < 1.29 is 9.90 Å². The van der Waals surface area contributed by atoms with Crippen molar-refractivity contribution >= 4 is 5.91 Å². The third-order valence-corrected chi connectivity index (χ3v) is 2.58. The van der Waals surface area contributed by atoms with Crippen LogP contribution in [0.15, 0.2) is 0 Å². The van der Waals surface area contributed by atoms with Crippen molar-refractivity contribution in [3.8, 4) is 0 Å². The summed E-state index contributed by atoms with van der Waals surface area (Å²) < 4.78 is 0. The molecule has 4 N–H and O–H groups in total. The molecule has 0 aliphatic heterocycles. The zero-order chi connectivity index (χ0) is 9.84. The van der Waals surface area contributed by atoms with Gasteiger partial charge in [0, 0.05) is 12.5 Å². The first-order valence-electron chi connectivity index (χ1n) is 4.77. The van der Waals surface area contributed by atoms with Crippen LogP contribution in [0.3, 0.4) is 0 Å². The molecule has 1 atom stereocenters. The Morgan fingerprint density at radius 2 is 2.31 bits per heavy atom. The van der Waals surface area contributed by atoms with E-state index in [0.29, 0.717) is 12.5 Å². The molecule has 1 aliphatic carbocycles. The monoisotopic (exact) mass is 186 g/mol. The summed E-state index contributed by atoms with van der Waals surface area (Å²) in [5, 5.41) is 12.2. The lowest BCUT2D eigenvalue weighted by atomic mass is 9.82. The number of hydrogen-bond donors (Lipinski definition) is 3. The molecule has 0 saturated heterocycles. The minimum Gasteiger partial charge on any atom is -0.393 e. The number of rotatable bonds is 5. The Kier molecular flexibility index (Phi) is 3.69. The van der Waals surface area contributed by atoms with E-state index in [1.807, 2.05) is 6.92 Å². The molecular formula is C9H18N2O2. The first-order chi connectivity index (χ1) is 6.09. The Balaban J connectivity index is 1.98. The lowest BCUT2D eigenvalue weighted by molar-refractivity contribution is -0.121. The van der Waals surface area contributed by atoms with Gasteiger partial charge < -0.3 is 16.2 Å². The van der Waals surface area contributed by atoms with Gasteiger partial charge >= 0.3 is 0 Å². The van der Waals surface area contributed by atoms with Gasteiger partial charge in [-0.1, -0.05) is 6.92 Å². The van der Waals surface area contributed by atoms with Gasteiger partial charge in [-0.2, -0.15) is 0 Å². The van der Waals surface area contributed by atoms with Crippen LogP contribution in [0.1, 0.15) is 19.8 Å². The van der Waals surface area contributed by atoms with Crippen LogP contribution in [0.2, 0.25) is 0 Å². The van der Waals surface area contributed by atoms with E-state index in [1.165, 1.54) is 0 Å². The second-order valence-corrected chi connectivity index (χ2v) is 3.95. The molecule has 0 bridgehead atoms. The maximum atomic E-state index is 10.7. The number of aliphatic hydroxyl groups excluding tert-OH is 1. The third kappa shape index (κ3) is 3.32. The summed E-state index contributed by atoms with van der Waals surface area (Å²) in [5.41, 5.74) is 5.10. The van der Waals surface area contributed by atoms with Crippen molar-refractivity contribution in [2.45, 2.75) is 25.9 Å². The van der Waals surface area contributed by atoms with Gasteiger partial charge in [-0.15, -0.1) is 0 Å². The van der Waals surface area contributed by atoms with E-state index in [1.54, 1.807) is 0 Å². The fourth-order valence-corrected chi connectivity index (χ4v) is 1.47. The Labute approximate surface area is 78.5 Å². The second-order valence-electron chi connectivity index (χ2n) is 3.95. The summed E-state index contributed by atoms with van der Waals surface area (Å²) in [7, 11) is 0. The highest BCUT2D eigenvalue weighted by molar-refractivity contribution is 5.76. The fourth-order valence-electron chi connectivity index (χ4n) is 1.47. The summed E-state index contributed by atoms with van der Waals surface area (Å²) in [6, 6.07) is 0. The van der Waals surface area contributed by atoms with E-state index in [4.69, 9.17) is 10.8 Å². The molecule has 4 nitrogen and oxygen atoms in total. The highest BCUT2D eigenvalue weighted by Crippen LogP contribution is 2.25. The van der Waals surface area contributed by atoms with E-state index in [-0.39, 0.29) is 17.9 Å². The number of nitrogens with two attached hydrogens (primary N) is 1. The van der Waals surface area contributed by atoms with Crippen LogP contribution in [0.5, 0.6) is 0 Å². The smallest absolute Gasteiger partial charge is 0.221 e. The largest absolute Gasteiger partial charge is 0.393 e. The number of primary amides is 1. The molecule has 1 amide bonds. The molecule has 1 fully saturated rings. The average molecular weight is 186 g/mol. The molecule has 0 radical (unpaired) electrons. The normalized spacial score (nSPS) is 29.4. The molecule has 13 heavy (non-hydrogen) atoms. The van der Waals surface area contributed by atoms with Crippen molar-refractivity contribution in [1.29, 1.82) is 0 Å². The molecule has 0 aromatic carbocycles. The predicted octanol–water partition coefficient (Wildman–Crippen LogP) is -0.532. The van der Waals surface area contributed by atoms with Gasteiger partial charge in [-0.25, -0.2) is 0 Å². The highest BCUT2D eigenvalue weighted by Gasteiger charge is 2.26. The molecule has 1 aliphatic rings. The number of aliphatic hydroxyl groups is 1. The van der Waals surface area contributed by atoms with Gasteiger partial charge in [0.25, 0.3) is 0 Å². The van der Waals surface area contributed by atoms with Crippen molar-refractivity contribution in [2.75, 3.05) is 13.1 Å². The van der Waals surface area contributed by atoms with Crippen molar-refractivity contribution in [1.82, 2.24) is 5.32 Å². The predicted molar refractivity (Wildman–Crippen MR) is 50.0 cm³/mol. The number of nitrogens with one attached hydrogen (secondary N) is 1. The minimum absolute atomic E-state index is 0.0969. The maximum absolute atomic E-state index is 10.7. The first kappa shape index (κ1) is 10.5. The van der Waals surface area contributed by atoms with Gasteiger partial charge in [0.05, 0.1) is 6.10 Å². The van der Waals surface area contributed by atoms with Crippen LogP contribution in [0.25, 0.3) is 0 Å². The summed E-state index contributed by atoms with van der Waals surface area (Å²) in [6.45, 7) is 3.33. The zero-order valence-corrected chi connectivity index (χ0v) is 7.99. The topological polar surface area (TPSA) is 75.3 Å². The van der Waals surface area contributed by atoms with Gasteiger partial charge in [0.2, 0.25) is 5.91 Å². The van der Waals surface area contributed by atoms with E-state index in [2.05, 4.69) is 5.32 Å². The average Bonchev–Trinajstić information content (AvgIpc) is 2.00. The van der Waals surface area contributed by atoms with Crippen LogP contribution in [-0.2, 0) is 4.79 Å². The van der Waals surface area contributed by atoms with Crippen LogP contribution in [0.4, 0.5) is 0 Å². The van der Waals surface area contributed by atoms with E-state index in [0.717, 1.165) is 19.4 Å². The van der Waals surface area contributed by atoms with Crippen molar-refractivity contribution in [3.63, 3.8) is 0 Å². The molecule has 0 aromatic rings. The van der Waals surface area contributed by atoms with Gasteiger partial charge in [0.1, 0.15) is 0 Å². The molecule has 76 valence electrons. The highest BCUT2D eigenvalue weighted by atomic mass is 16.3. The quantitative estimate of drug-likeness (QED) is 0.540. The number of amides is 1. The lowest BCUT2D eigenvalue weighted by Crippen LogP contribution is -2.39. The van der Waals surface area contributed by atoms with Crippen LogP contribution >= 0.6 is 0 Å². The third-order valence-electron chi connectivity index (χ3n) is 2.58. The van der Waals surface area contributed by atoms with Crippen LogP contribution < -0.4 is 11.1 Å². The van der Waals surface area contributed by atoms with Crippen LogP contribution in [0, 0.1) is 11.8 Å². The van der Waals surface area contributed by atoms with Crippen LogP contribution in [-0.4, -0.2) is 30.2 Å². The standard InChI is InChI=1S/C9H18N2O2/c1-6(9(10)13)4-11-5-7-2-8(12)3-7/h6-8,11-12H,2-5H2,1H3,(H2,10,13). The Bertz CT molecular complexity index is 178. The first-order valence-corrected chi connectivity index (χ1v) is 4.77. The van der Waals surface area contributed by atoms with E-state index >= 15 is 0 Å². The van der Waals surface area contributed by atoms with Crippen molar-refractivity contribution in [2.24, 2.45) is 17.6 Å². The molecule has 1 unspecified atom stereocenters. The van der Waals surface area contributed by atoms with Crippen molar-refractivity contribution in [3.05, 3.63) is 0 Å². The Hall–Kier alpha value is -0.610. The second kappa shape index (κ2) is 4.58. The molecule has 1 saturated carbocycles. The molecule has 0 aromatic heterocycles. The van der Waals surface area contributed by atoms with Gasteiger partial charge in [-0.05, 0) is 25.3 Å². The Morgan fingerprint density at radius 1 is 1.69 bits per heavy atom. The van der Waals surface area contributed by atoms with E-state index in [9.17, 15) is 4.79 Å². The summed E-state index contributed by atoms with van der Waals surface area (Å²) in [5.74, 6) is 0.209. The van der Waals surface area contributed by atoms with E-state index < -0.39 is 0 Å². The molecule has 1 rings (SSSR count). The summed E-state index contributed by atoms with van der Waals surface area (Å²) in [4.78, 5) is 10.7.